The average molecular weight is 481 g/mol. The van der Waals surface area contributed by atoms with Gasteiger partial charge in [-0.15, -0.1) is 0 Å². The number of hydrogen-bond acceptors (Lipinski definition) is 4. The third-order valence-corrected chi connectivity index (χ3v) is 5.21. The first-order valence-corrected chi connectivity index (χ1v) is 10.4. The minimum atomic E-state index is -4.82. The van der Waals surface area contributed by atoms with E-state index in [2.05, 4.69) is 30.9 Å². The van der Waals surface area contributed by atoms with Crippen LogP contribution >= 0.6 is 0 Å². The molecule has 0 aliphatic heterocycles. The van der Waals surface area contributed by atoms with Crippen LogP contribution in [0.15, 0.2) is 35.5 Å². The number of H-pyrrole nitrogens is 1. The van der Waals surface area contributed by atoms with Gasteiger partial charge in [0.2, 0.25) is 5.96 Å². The highest BCUT2D eigenvalue weighted by Crippen LogP contribution is 2.30. The van der Waals surface area contributed by atoms with Gasteiger partial charge in [0.05, 0.1) is 17.3 Å². The fraction of sp³-hybridized carbons (Fsp3) is 0.333. The molecule has 0 atom stereocenters. The van der Waals surface area contributed by atoms with Gasteiger partial charge in [-0.25, -0.2) is 13.8 Å². The first kappa shape index (κ1) is 23.4. The molecular formula is C21H20F5N7O. The summed E-state index contributed by atoms with van der Waals surface area (Å²) >= 11 is 0. The summed E-state index contributed by atoms with van der Waals surface area (Å²) in [5.41, 5.74) is -1.50. The van der Waals surface area contributed by atoms with Crippen LogP contribution in [-0.4, -0.2) is 37.9 Å². The molecule has 1 amide bonds. The monoisotopic (exact) mass is 481 g/mol. The molecule has 4 rings (SSSR count). The summed E-state index contributed by atoms with van der Waals surface area (Å²) in [5, 5.41) is 15.1. The van der Waals surface area contributed by atoms with Crippen molar-refractivity contribution in [3.8, 4) is 11.3 Å². The molecule has 1 aliphatic rings. The molecule has 34 heavy (non-hydrogen) atoms. The Hall–Kier alpha value is -3.77. The Bertz CT molecular complexity index is 1200. The second-order valence-electron chi connectivity index (χ2n) is 7.88. The van der Waals surface area contributed by atoms with Crippen molar-refractivity contribution in [2.45, 2.75) is 37.9 Å². The van der Waals surface area contributed by atoms with Crippen molar-refractivity contribution in [3.05, 3.63) is 53.4 Å². The van der Waals surface area contributed by atoms with E-state index in [1.807, 2.05) is 0 Å². The topological polar surface area (TPSA) is 100.0 Å². The number of aliphatic imine (C=N–C) groups is 1. The smallest absolute Gasteiger partial charge is 0.309 e. The molecule has 0 radical (unpaired) electrons. The number of nitrogens with zero attached hydrogens (tertiary/aromatic N) is 4. The minimum absolute atomic E-state index is 0.0997. The molecule has 8 nitrogen and oxygen atoms in total. The van der Waals surface area contributed by atoms with E-state index in [-0.39, 0.29) is 29.1 Å². The van der Waals surface area contributed by atoms with Crippen LogP contribution in [0.4, 0.5) is 27.8 Å². The Kier molecular flexibility index (Phi) is 6.35. The molecule has 0 saturated heterocycles. The third kappa shape index (κ3) is 5.41. The highest BCUT2D eigenvalue weighted by atomic mass is 19.4. The second kappa shape index (κ2) is 9.23. The maximum atomic E-state index is 13.5. The second-order valence-corrected chi connectivity index (χ2v) is 7.88. The molecular weight excluding hydrogens is 461 g/mol. The Labute approximate surface area is 190 Å². The summed E-state index contributed by atoms with van der Waals surface area (Å²) in [6.07, 6.45) is -0.452. The summed E-state index contributed by atoms with van der Waals surface area (Å²) in [7, 11) is 1.28. The average Bonchev–Trinajstić information content (AvgIpc) is 3.48. The number of anilines is 1. The van der Waals surface area contributed by atoms with E-state index in [1.54, 1.807) is 0 Å². The zero-order valence-corrected chi connectivity index (χ0v) is 17.9. The maximum Gasteiger partial charge on any atom is 0.435 e. The van der Waals surface area contributed by atoms with Crippen LogP contribution in [0.3, 0.4) is 0 Å². The normalized spacial score (nSPS) is 15.1. The molecule has 13 heteroatoms. The van der Waals surface area contributed by atoms with Crippen molar-refractivity contribution in [2.75, 3.05) is 5.32 Å². The van der Waals surface area contributed by atoms with Crippen molar-refractivity contribution in [3.63, 3.8) is 0 Å². The van der Waals surface area contributed by atoms with Crippen LogP contribution in [-0.2, 0) is 13.2 Å². The van der Waals surface area contributed by atoms with Crippen molar-refractivity contribution in [1.82, 2.24) is 25.3 Å². The fourth-order valence-electron chi connectivity index (χ4n) is 3.71. The number of aryl methyl sites for hydroxylation is 1. The van der Waals surface area contributed by atoms with Crippen molar-refractivity contribution >= 4 is 17.7 Å². The largest absolute Gasteiger partial charge is 0.435 e. The maximum absolute atomic E-state index is 13.5. The van der Waals surface area contributed by atoms with E-state index in [0.717, 1.165) is 54.8 Å². The predicted octanol–water partition coefficient (Wildman–Crippen LogP) is 4.25. The van der Waals surface area contributed by atoms with Crippen LogP contribution in [0, 0.1) is 11.6 Å². The number of carbonyl (C=O) groups is 1. The highest BCUT2D eigenvalue weighted by Gasteiger charge is 2.39. The van der Waals surface area contributed by atoms with Gasteiger partial charge in [-0.1, -0.05) is 12.8 Å². The van der Waals surface area contributed by atoms with Crippen LogP contribution in [0.2, 0.25) is 0 Å². The number of halogens is 5. The molecule has 0 spiro atoms. The quantitative estimate of drug-likeness (QED) is 0.295. The van der Waals surface area contributed by atoms with Gasteiger partial charge in [-0.3, -0.25) is 19.9 Å². The third-order valence-electron chi connectivity index (χ3n) is 5.21. The molecule has 1 aliphatic carbocycles. The number of amides is 1. The zero-order valence-electron chi connectivity index (χ0n) is 17.9. The summed E-state index contributed by atoms with van der Waals surface area (Å²) in [5.74, 6) is -2.55. The van der Waals surface area contributed by atoms with Gasteiger partial charge in [0, 0.05) is 30.9 Å². The van der Waals surface area contributed by atoms with E-state index in [4.69, 9.17) is 0 Å². The minimum Gasteiger partial charge on any atom is -0.309 e. The number of rotatable bonds is 4. The van der Waals surface area contributed by atoms with Crippen molar-refractivity contribution in [2.24, 2.45) is 12.0 Å². The number of aromatic nitrogens is 4. The number of benzene rings is 1. The lowest BCUT2D eigenvalue weighted by Gasteiger charge is -2.13. The first-order valence-electron chi connectivity index (χ1n) is 10.4. The van der Waals surface area contributed by atoms with E-state index < -0.39 is 35.0 Å². The van der Waals surface area contributed by atoms with Crippen LogP contribution in [0.25, 0.3) is 11.3 Å². The van der Waals surface area contributed by atoms with Gasteiger partial charge in [-0.2, -0.15) is 23.4 Å². The number of guanidine groups is 1. The van der Waals surface area contributed by atoms with Crippen molar-refractivity contribution in [1.29, 1.82) is 0 Å². The molecule has 3 N–H and O–H groups in total. The number of carbonyl (C=O) groups excluding carboxylic acids is 1. The van der Waals surface area contributed by atoms with Gasteiger partial charge in [0.15, 0.2) is 11.5 Å². The Morgan fingerprint density at radius 3 is 2.47 bits per heavy atom. The molecule has 3 aromatic rings. The lowest BCUT2D eigenvalue weighted by Crippen LogP contribution is -2.37. The summed E-state index contributed by atoms with van der Waals surface area (Å²) in [6.45, 7) is 0. The molecule has 0 unspecified atom stereocenters. The fourth-order valence-corrected chi connectivity index (χ4v) is 3.71. The van der Waals surface area contributed by atoms with Crippen molar-refractivity contribution < 1.29 is 26.7 Å². The Morgan fingerprint density at radius 2 is 1.82 bits per heavy atom. The van der Waals surface area contributed by atoms with Gasteiger partial charge in [-0.05, 0) is 25.0 Å². The van der Waals surface area contributed by atoms with E-state index in [0.29, 0.717) is 0 Å². The zero-order chi connectivity index (χ0) is 24.5. The van der Waals surface area contributed by atoms with Gasteiger partial charge >= 0.3 is 6.18 Å². The molecule has 1 saturated carbocycles. The number of alkyl halides is 3. The number of hydrogen-bond donors (Lipinski definition) is 3. The standard InChI is InChI=1S/C21H20F5N7O/c1-33-10-15(18(32-33)21(24,25)26)19(34)29-20(27-14-4-2-3-5-14)28-17-9-16(30-31-17)11-6-12(22)8-13(23)7-11/h6-10,14H,2-5H2,1H3,(H3,27,28,29,30,31,34). The van der Waals surface area contributed by atoms with E-state index in [9.17, 15) is 26.7 Å². The lowest BCUT2D eigenvalue weighted by atomic mass is 10.1. The summed E-state index contributed by atoms with van der Waals surface area (Å²) < 4.78 is 67.8. The lowest BCUT2D eigenvalue weighted by molar-refractivity contribution is -0.141. The molecule has 0 bridgehead atoms. The molecule has 180 valence electrons. The Balaban J connectivity index is 1.58. The molecule has 2 heterocycles. The van der Waals surface area contributed by atoms with Gasteiger partial charge in [0.25, 0.3) is 5.91 Å². The number of nitrogens with one attached hydrogen (secondary N) is 3. The predicted molar refractivity (Wildman–Crippen MR) is 113 cm³/mol. The van der Waals surface area contributed by atoms with E-state index >= 15 is 0 Å². The summed E-state index contributed by atoms with van der Waals surface area (Å²) in [4.78, 5) is 17.1. The molecule has 1 fully saturated rings. The highest BCUT2D eigenvalue weighted by molar-refractivity contribution is 6.10. The Morgan fingerprint density at radius 1 is 1.15 bits per heavy atom. The molecule has 1 aromatic carbocycles. The SMILES string of the molecule is Cn1cc(C(=O)NC(=NC2CCCC2)Nc2cc(-c3cc(F)cc(F)c3)[nH]n2)c(C(F)(F)F)n1. The van der Waals surface area contributed by atoms with Gasteiger partial charge in [0.1, 0.15) is 11.6 Å². The van der Waals surface area contributed by atoms with Crippen LogP contribution in [0.5, 0.6) is 0 Å². The summed E-state index contributed by atoms with van der Waals surface area (Å²) in [6, 6.07) is 4.24. The van der Waals surface area contributed by atoms with Gasteiger partial charge < -0.3 is 5.32 Å². The van der Waals surface area contributed by atoms with Crippen LogP contribution < -0.4 is 10.6 Å². The molecule has 2 aromatic heterocycles. The van der Waals surface area contributed by atoms with E-state index in [1.165, 1.54) is 13.1 Å². The number of aromatic amines is 1. The first-order chi connectivity index (χ1) is 16.1. The van der Waals surface area contributed by atoms with Crippen LogP contribution in [0.1, 0.15) is 41.7 Å².